The molecule has 27 heavy (non-hydrogen) atoms. The molecule has 3 rings (SSSR count). The fraction of sp³-hybridized carbons (Fsp3) is 0.300. The van der Waals surface area contributed by atoms with Crippen molar-refractivity contribution in [2.24, 2.45) is 0 Å². The summed E-state index contributed by atoms with van der Waals surface area (Å²) in [5, 5.41) is 2.71. The molecule has 2 aromatic heterocycles. The van der Waals surface area contributed by atoms with E-state index in [4.69, 9.17) is 0 Å². The number of amides is 1. The van der Waals surface area contributed by atoms with Gasteiger partial charge in [-0.25, -0.2) is 13.8 Å². The molecule has 0 bridgehead atoms. The molecule has 0 aliphatic carbocycles. The quantitative estimate of drug-likeness (QED) is 0.640. The van der Waals surface area contributed by atoms with Gasteiger partial charge in [-0.15, -0.1) is 11.3 Å². The van der Waals surface area contributed by atoms with E-state index in [0.717, 1.165) is 28.7 Å². The predicted molar refractivity (Wildman–Crippen MR) is 102 cm³/mol. The minimum Gasteiger partial charge on any atom is -0.339 e. The molecule has 0 N–H and O–H groups in total. The fourth-order valence-corrected chi connectivity index (χ4v) is 3.88. The number of carbonyl (C=O) groups excluding carboxylic acids is 1. The van der Waals surface area contributed by atoms with Crippen LogP contribution in [0.5, 0.6) is 0 Å². The Kier molecular flexibility index (Phi) is 5.41. The van der Waals surface area contributed by atoms with Crippen LogP contribution >= 0.6 is 11.3 Å². The van der Waals surface area contributed by atoms with E-state index >= 15 is 0 Å². The highest BCUT2D eigenvalue weighted by Gasteiger charge is 2.20. The molecule has 1 aromatic carbocycles. The number of hydrogen-bond acceptors (Lipinski definition) is 3. The van der Waals surface area contributed by atoms with Crippen LogP contribution in [0.15, 0.2) is 35.7 Å². The summed E-state index contributed by atoms with van der Waals surface area (Å²) < 4.78 is 28.6. The van der Waals surface area contributed by atoms with E-state index < -0.39 is 11.6 Å². The third-order valence-corrected chi connectivity index (χ3v) is 5.61. The summed E-state index contributed by atoms with van der Waals surface area (Å²) in [4.78, 5) is 18.7. The molecule has 0 spiro atoms. The molecule has 1 unspecified atom stereocenters. The maximum atomic E-state index is 13.5. The number of thiazole rings is 1. The van der Waals surface area contributed by atoms with Gasteiger partial charge >= 0.3 is 0 Å². The molecule has 0 fully saturated rings. The Hall–Kier alpha value is -2.54. The zero-order valence-corrected chi connectivity index (χ0v) is 16.5. The molecule has 0 aliphatic heterocycles. The van der Waals surface area contributed by atoms with Gasteiger partial charge in [0.1, 0.15) is 0 Å². The minimum atomic E-state index is -0.915. The van der Waals surface area contributed by atoms with Gasteiger partial charge in [0.15, 0.2) is 16.8 Å². The summed E-state index contributed by atoms with van der Waals surface area (Å²) in [7, 11) is 1.65. The van der Waals surface area contributed by atoms with E-state index in [2.05, 4.69) is 4.98 Å². The second kappa shape index (κ2) is 7.60. The lowest BCUT2D eigenvalue weighted by atomic mass is 10.1. The molecule has 1 atom stereocenters. The Labute approximate surface area is 161 Å². The van der Waals surface area contributed by atoms with Crippen molar-refractivity contribution in [3.63, 3.8) is 0 Å². The van der Waals surface area contributed by atoms with Crippen molar-refractivity contribution in [3.05, 3.63) is 70.0 Å². The Morgan fingerprint density at radius 3 is 2.48 bits per heavy atom. The smallest absolute Gasteiger partial charge is 0.228 e. The first kappa shape index (κ1) is 19.2. The lowest BCUT2D eigenvalue weighted by Crippen LogP contribution is -2.31. The first-order valence-corrected chi connectivity index (χ1v) is 9.46. The molecule has 0 aliphatic rings. The number of rotatable bonds is 5. The van der Waals surface area contributed by atoms with Gasteiger partial charge in [-0.05, 0) is 50.6 Å². The number of carbonyl (C=O) groups is 1. The SMILES string of the molecule is Cc1ccc(C)n1-c1nc(CC(=O)N(C)C(C)c2ccc(F)c(F)c2)cs1. The highest BCUT2D eigenvalue weighted by Crippen LogP contribution is 2.23. The van der Waals surface area contributed by atoms with E-state index in [1.807, 2.05) is 35.9 Å². The number of benzene rings is 1. The Balaban J connectivity index is 1.72. The van der Waals surface area contributed by atoms with Gasteiger partial charge in [0, 0.05) is 23.8 Å². The van der Waals surface area contributed by atoms with Crippen LogP contribution in [0.25, 0.3) is 5.13 Å². The topological polar surface area (TPSA) is 38.1 Å². The van der Waals surface area contributed by atoms with E-state index in [-0.39, 0.29) is 18.4 Å². The number of likely N-dealkylation sites (N-methyl/N-ethyl adjacent to an activating group) is 1. The highest BCUT2D eigenvalue weighted by atomic mass is 32.1. The van der Waals surface area contributed by atoms with E-state index in [1.165, 1.54) is 22.3 Å². The molecule has 3 aromatic rings. The van der Waals surface area contributed by atoms with Gasteiger partial charge in [0.25, 0.3) is 0 Å². The normalized spacial score (nSPS) is 12.2. The molecule has 0 saturated carbocycles. The number of halogens is 2. The van der Waals surface area contributed by atoms with Crippen molar-refractivity contribution >= 4 is 17.2 Å². The first-order valence-electron chi connectivity index (χ1n) is 8.58. The zero-order chi connectivity index (χ0) is 19.7. The van der Waals surface area contributed by atoms with Gasteiger partial charge in [-0.3, -0.25) is 9.36 Å². The maximum Gasteiger partial charge on any atom is 0.228 e. The predicted octanol–water partition coefficient (Wildman–Crippen LogP) is 4.59. The van der Waals surface area contributed by atoms with Gasteiger partial charge < -0.3 is 4.90 Å². The standard InChI is InChI=1S/C20H21F2N3OS/c1-12-5-6-13(2)25(12)20-23-16(11-27-20)10-19(26)24(4)14(3)15-7-8-17(21)18(22)9-15/h5-9,11,14H,10H2,1-4H3. The molecule has 0 saturated heterocycles. The molecule has 4 nitrogen and oxygen atoms in total. The minimum absolute atomic E-state index is 0.134. The Morgan fingerprint density at radius 2 is 1.85 bits per heavy atom. The van der Waals surface area contributed by atoms with Gasteiger partial charge in [0.05, 0.1) is 18.2 Å². The van der Waals surface area contributed by atoms with Crippen LogP contribution in [0.1, 0.15) is 35.6 Å². The van der Waals surface area contributed by atoms with Crippen molar-refractivity contribution in [1.82, 2.24) is 14.5 Å². The number of hydrogen-bond donors (Lipinski definition) is 0. The maximum absolute atomic E-state index is 13.5. The molecular formula is C20H21F2N3OS. The Bertz CT molecular complexity index is 960. The summed E-state index contributed by atoms with van der Waals surface area (Å²) >= 11 is 1.49. The number of nitrogens with zero attached hydrogens (tertiary/aromatic N) is 3. The fourth-order valence-electron chi connectivity index (χ4n) is 2.94. The van der Waals surface area contributed by atoms with E-state index in [1.54, 1.807) is 14.0 Å². The van der Waals surface area contributed by atoms with E-state index in [0.29, 0.717) is 11.3 Å². The summed E-state index contributed by atoms with van der Waals surface area (Å²) in [5.74, 6) is -1.95. The number of aryl methyl sites for hydroxylation is 2. The lowest BCUT2D eigenvalue weighted by molar-refractivity contribution is -0.131. The molecule has 1 amide bonds. The average molecular weight is 389 g/mol. The second-order valence-electron chi connectivity index (χ2n) is 6.60. The van der Waals surface area contributed by atoms with Gasteiger partial charge in [-0.2, -0.15) is 0 Å². The summed E-state index contributed by atoms with van der Waals surface area (Å²) in [5.41, 5.74) is 3.41. The van der Waals surface area contributed by atoms with Crippen LogP contribution in [0.2, 0.25) is 0 Å². The van der Waals surface area contributed by atoms with Gasteiger partial charge in [-0.1, -0.05) is 6.07 Å². The summed E-state index contributed by atoms with van der Waals surface area (Å²) in [6.07, 6.45) is 0.153. The van der Waals surface area contributed by atoms with Crippen LogP contribution in [-0.4, -0.2) is 27.4 Å². The molecular weight excluding hydrogens is 368 g/mol. The zero-order valence-electron chi connectivity index (χ0n) is 15.7. The third kappa shape index (κ3) is 3.93. The molecule has 142 valence electrons. The van der Waals surface area contributed by atoms with Crippen LogP contribution in [0.4, 0.5) is 8.78 Å². The van der Waals surface area contributed by atoms with E-state index in [9.17, 15) is 13.6 Å². The molecule has 0 radical (unpaired) electrons. The summed E-state index contributed by atoms with van der Waals surface area (Å²) in [6.45, 7) is 5.80. The van der Waals surface area contributed by atoms with Crippen LogP contribution in [0.3, 0.4) is 0 Å². The van der Waals surface area contributed by atoms with Crippen molar-refractivity contribution in [1.29, 1.82) is 0 Å². The summed E-state index contributed by atoms with van der Waals surface area (Å²) in [6, 6.07) is 7.37. The average Bonchev–Trinajstić information content (AvgIpc) is 3.21. The second-order valence-corrected chi connectivity index (χ2v) is 7.44. The molecule has 2 heterocycles. The van der Waals surface area contributed by atoms with Crippen LogP contribution < -0.4 is 0 Å². The largest absolute Gasteiger partial charge is 0.339 e. The monoisotopic (exact) mass is 389 g/mol. The number of aromatic nitrogens is 2. The van der Waals surface area contributed by atoms with Gasteiger partial charge in [0.2, 0.25) is 5.91 Å². The van der Waals surface area contributed by atoms with Crippen molar-refractivity contribution in [2.45, 2.75) is 33.2 Å². The van der Waals surface area contributed by atoms with Crippen molar-refractivity contribution < 1.29 is 13.6 Å². The van der Waals surface area contributed by atoms with Crippen molar-refractivity contribution in [2.75, 3.05) is 7.05 Å². The lowest BCUT2D eigenvalue weighted by Gasteiger charge is -2.25. The third-order valence-electron chi connectivity index (χ3n) is 4.73. The molecule has 7 heteroatoms. The van der Waals surface area contributed by atoms with Crippen LogP contribution in [-0.2, 0) is 11.2 Å². The highest BCUT2D eigenvalue weighted by molar-refractivity contribution is 7.12. The van der Waals surface area contributed by atoms with Crippen molar-refractivity contribution in [3.8, 4) is 5.13 Å². The first-order chi connectivity index (χ1) is 12.8. The Morgan fingerprint density at radius 1 is 1.19 bits per heavy atom. The van der Waals surface area contributed by atoms with Crippen LogP contribution in [0, 0.1) is 25.5 Å².